The molecule has 3 aromatic rings. The molecule has 0 fully saturated rings. The lowest BCUT2D eigenvalue weighted by atomic mass is 10.1. The fourth-order valence-corrected chi connectivity index (χ4v) is 3.57. The van der Waals surface area contributed by atoms with Gasteiger partial charge >= 0.3 is 0 Å². The first-order chi connectivity index (χ1) is 12.7. The van der Waals surface area contributed by atoms with Gasteiger partial charge in [-0.2, -0.15) is 11.8 Å². The fraction of sp³-hybridized carbons (Fsp3) is 0.286. The van der Waals surface area contributed by atoms with Gasteiger partial charge in [-0.05, 0) is 37.6 Å². The lowest BCUT2D eigenvalue weighted by Gasteiger charge is -2.04. The summed E-state index contributed by atoms with van der Waals surface area (Å²) in [5.41, 5.74) is 2.84. The van der Waals surface area contributed by atoms with Crippen LogP contribution in [-0.4, -0.2) is 24.8 Å². The molecule has 0 unspecified atom stereocenters. The van der Waals surface area contributed by atoms with E-state index in [0.29, 0.717) is 24.5 Å². The van der Waals surface area contributed by atoms with Crippen molar-refractivity contribution in [2.75, 3.05) is 18.9 Å². The molecule has 1 N–H and O–H groups in total. The summed E-state index contributed by atoms with van der Waals surface area (Å²) < 4.78 is 11.3. The second kappa shape index (κ2) is 8.81. The molecule has 0 aliphatic carbocycles. The van der Waals surface area contributed by atoms with Gasteiger partial charge in [0.05, 0.1) is 6.61 Å². The number of hydrogen-bond acceptors (Lipinski definition) is 4. The van der Waals surface area contributed by atoms with Crippen LogP contribution in [0.15, 0.2) is 52.9 Å². The minimum absolute atomic E-state index is 0.169. The molecule has 0 saturated heterocycles. The third-order valence-electron chi connectivity index (χ3n) is 4.07. The van der Waals surface area contributed by atoms with E-state index in [1.54, 1.807) is 11.8 Å². The van der Waals surface area contributed by atoms with Crippen LogP contribution < -0.4 is 10.1 Å². The molecule has 2 aromatic carbocycles. The highest BCUT2D eigenvalue weighted by Crippen LogP contribution is 2.28. The number of carbonyl (C=O) groups is 1. The average Bonchev–Trinajstić information content (AvgIpc) is 2.99. The summed E-state index contributed by atoms with van der Waals surface area (Å²) in [5, 5.41) is 3.86. The van der Waals surface area contributed by atoms with Gasteiger partial charge in [-0.3, -0.25) is 4.79 Å². The molecule has 0 radical (unpaired) electrons. The highest BCUT2D eigenvalue weighted by molar-refractivity contribution is 7.98. The largest absolute Gasteiger partial charge is 0.494 e. The molecular weight excluding hydrogens is 346 g/mol. The second-order valence-electron chi connectivity index (χ2n) is 5.94. The van der Waals surface area contributed by atoms with Gasteiger partial charge in [-0.1, -0.05) is 30.3 Å². The van der Waals surface area contributed by atoms with Gasteiger partial charge in [0, 0.05) is 29.0 Å². The number of thioether (sulfide) groups is 1. The van der Waals surface area contributed by atoms with E-state index >= 15 is 0 Å². The number of fused-ring (bicyclic) bond motifs is 1. The molecule has 1 amide bonds. The van der Waals surface area contributed by atoms with Crippen molar-refractivity contribution in [3.05, 3.63) is 65.4 Å². The Morgan fingerprint density at radius 1 is 1.19 bits per heavy atom. The maximum absolute atomic E-state index is 12.4. The second-order valence-corrected chi connectivity index (χ2v) is 7.05. The molecule has 0 spiro atoms. The third-order valence-corrected chi connectivity index (χ3v) is 5.10. The number of rotatable bonds is 8. The van der Waals surface area contributed by atoms with E-state index in [1.165, 1.54) is 5.56 Å². The van der Waals surface area contributed by atoms with Crippen LogP contribution in [0.3, 0.4) is 0 Å². The summed E-state index contributed by atoms with van der Waals surface area (Å²) in [4.78, 5) is 12.4. The number of hydrogen-bond donors (Lipinski definition) is 1. The van der Waals surface area contributed by atoms with Crippen LogP contribution in [-0.2, 0) is 5.75 Å². The molecular formula is C21H23NO3S. The molecule has 136 valence electrons. The Hall–Kier alpha value is -2.40. The Labute approximate surface area is 157 Å². The van der Waals surface area contributed by atoms with Crippen molar-refractivity contribution in [2.24, 2.45) is 0 Å². The SMILES string of the molecule is CCOc1ccc2oc(C(=O)NCCSCc3ccccc3)c(C)c2c1. The number of nitrogens with one attached hydrogen (secondary N) is 1. The maximum atomic E-state index is 12.4. The van der Waals surface area contributed by atoms with E-state index in [9.17, 15) is 4.79 Å². The minimum atomic E-state index is -0.169. The Morgan fingerprint density at radius 2 is 2.00 bits per heavy atom. The van der Waals surface area contributed by atoms with E-state index in [-0.39, 0.29) is 5.91 Å². The van der Waals surface area contributed by atoms with Crippen LogP contribution in [0, 0.1) is 6.92 Å². The van der Waals surface area contributed by atoms with E-state index in [2.05, 4.69) is 17.4 Å². The van der Waals surface area contributed by atoms with Crippen LogP contribution in [0.1, 0.15) is 28.6 Å². The third kappa shape index (κ3) is 4.41. The monoisotopic (exact) mass is 369 g/mol. The highest BCUT2D eigenvalue weighted by atomic mass is 32.2. The van der Waals surface area contributed by atoms with Crippen molar-refractivity contribution in [2.45, 2.75) is 19.6 Å². The first-order valence-corrected chi connectivity index (χ1v) is 9.90. The van der Waals surface area contributed by atoms with Gasteiger partial charge in [0.2, 0.25) is 0 Å². The molecule has 26 heavy (non-hydrogen) atoms. The van der Waals surface area contributed by atoms with Gasteiger partial charge in [0.1, 0.15) is 11.3 Å². The van der Waals surface area contributed by atoms with Crippen molar-refractivity contribution in [1.29, 1.82) is 0 Å². The molecule has 0 saturated carbocycles. The molecule has 0 aliphatic rings. The molecule has 3 rings (SSSR count). The number of aryl methyl sites for hydroxylation is 1. The quantitative estimate of drug-likeness (QED) is 0.579. The van der Waals surface area contributed by atoms with Gasteiger partial charge in [0.25, 0.3) is 5.91 Å². The van der Waals surface area contributed by atoms with Gasteiger partial charge in [0.15, 0.2) is 5.76 Å². The number of carbonyl (C=O) groups excluding carboxylic acids is 1. The fourth-order valence-electron chi connectivity index (χ4n) is 2.75. The zero-order valence-corrected chi connectivity index (χ0v) is 15.9. The smallest absolute Gasteiger partial charge is 0.287 e. The van der Waals surface area contributed by atoms with Crippen molar-refractivity contribution in [1.82, 2.24) is 5.32 Å². The minimum Gasteiger partial charge on any atom is -0.494 e. The lowest BCUT2D eigenvalue weighted by Crippen LogP contribution is -2.25. The number of ether oxygens (including phenoxy) is 1. The van der Waals surface area contributed by atoms with Crippen LogP contribution in [0.4, 0.5) is 0 Å². The van der Waals surface area contributed by atoms with Crippen molar-refractivity contribution >= 4 is 28.6 Å². The van der Waals surface area contributed by atoms with Gasteiger partial charge in [-0.25, -0.2) is 0 Å². The normalized spacial score (nSPS) is 10.8. The van der Waals surface area contributed by atoms with E-state index in [0.717, 1.165) is 28.2 Å². The maximum Gasteiger partial charge on any atom is 0.287 e. The molecule has 4 nitrogen and oxygen atoms in total. The predicted octanol–water partition coefficient (Wildman–Crippen LogP) is 4.80. The Bertz CT molecular complexity index is 874. The summed E-state index contributed by atoms with van der Waals surface area (Å²) in [6.07, 6.45) is 0. The molecule has 0 aliphatic heterocycles. The van der Waals surface area contributed by atoms with Gasteiger partial charge in [-0.15, -0.1) is 0 Å². The standard InChI is InChI=1S/C21H23NO3S/c1-3-24-17-9-10-19-18(13-17)15(2)20(25-19)21(23)22-11-12-26-14-16-7-5-4-6-8-16/h4-10,13H,3,11-12,14H2,1-2H3,(H,22,23). The highest BCUT2D eigenvalue weighted by Gasteiger charge is 2.17. The van der Waals surface area contributed by atoms with Crippen LogP contribution in [0.2, 0.25) is 0 Å². The zero-order chi connectivity index (χ0) is 18.4. The van der Waals surface area contributed by atoms with Crippen molar-refractivity contribution < 1.29 is 13.9 Å². The predicted molar refractivity (Wildman–Crippen MR) is 107 cm³/mol. The van der Waals surface area contributed by atoms with Crippen LogP contribution in [0.25, 0.3) is 11.0 Å². The van der Waals surface area contributed by atoms with Crippen molar-refractivity contribution in [3.63, 3.8) is 0 Å². The Kier molecular flexibility index (Phi) is 6.23. The van der Waals surface area contributed by atoms with Crippen molar-refractivity contribution in [3.8, 4) is 5.75 Å². The summed E-state index contributed by atoms with van der Waals surface area (Å²) in [6, 6.07) is 15.9. The van der Waals surface area contributed by atoms with E-state index < -0.39 is 0 Å². The molecule has 1 heterocycles. The first kappa shape index (κ1) is 18.4. The zero-order valence-electron chi connectivity index (χ0n) is 15.1. The number of benzene rings is 2. The van der Waals surface area contributed by atoms with Crippen LogP contribution >= 0.6 is 11.8 Å². The Balaban J connectivity index is 1.55. The Morgan fingerprint density at radius 3 is 2.77 bits per heavy atom. The summed E-state index contributed by atoms with van der Waals surface area (Å²) >= 11 is 1.80. The summed E-state index contributed by atoms with van der Waals surface area (Å²) in [7, 11) is 0. The number of amides is 1. The summed E-state index contributed by atoms with van der Waals surface area (Å²) in [6.45, 7) is 5.06. The lowest BCUT2D eigenvalue weighted by molar-refractivity contribution is 0.0930. The average molecular weight is 369 g/mol. The van der Waals surface area contributed by atoms with Crippen LogP contribution in [0.5, 0.6) is 5.75 Å². The molecule has 1 aromatic heterocycles. The first-order valence-electron chi connectivity index (χ1n) is 8.75. The van der Waals surface area contributed by atoms with E-state index in [1.807, 2.05) is 50.2 Å². The number of furan rings is 1. The molecule has 0 atom stereocenters. The summed E-state index contributed by atoms with van der Waals surface area (Å²) in [5.74, 6) is 2.79. The molecule has 0 bridgehead atoms. The van der Waals surface area contributed by atoms with Gasteiger partial charge < -0.3 is 14.5 Å². The topological polar surface area (TPSA) is 51.5 Å². The van der Waals surface area contributed by atoms with E-state index in [4.69, 9.17) is 9.15 Å². The molecule has 5 heteroatoms.